The van der Waals surface area contributed by atoms with E-state index in [0.29, 0.717) is 0 Å². The number of aryl methyl sites for hydroxylation is 1. The number of nitrogens with one attached hydrogen (secondary N) is 1. The summed E-state index contributed by atoms with van der Waals surface area (Å²) in [5, 5.41) is 4.28. The molecule has 12 heavy (non-hydrogen) atoms. The van der Waals surface area contributed by atoms with Gasteiger partial charge in [0, 0.05) is 30.8 Å². The molecule has 1 heterocycles. The predicted octanol–water partition coefficient (Wildman–Crippen LogP) is 1.87. The van der Waals surface area contributed by atoms with Crippen LogP contribution in [0.3, 0.4) is 0 Å². The molecule has 0 aliphatic heterocycles. The Morgan fingerprint density at radius 1 is 1.50 bits per heavy atom. The van der Waals surface area contributed by atoms with E-state index in [-0.39, 0.29) is 0 Å². The molecule has 1 rings (SSSR count). The third-order valence-corrected chi connectivity index (χ3v) is 1.93. The summed E-state index contributed by atoms with van der Waals surface area (Å²) in [6.07, 6.45) is 3.77. The molecule has 0 aromatic carbocycles. The third kappa shape index (κ3) is 3.32. The summed E-state index contributed by atoms with van der Waals surface area (Å²) in [6.45, 7) is 3.95. The van der Waals surface area contributed by atoms with Crippen LogP contribution in [0.25, 0.3) is 0 Å². The molecule has 0 spiro atoms. The van der Waals surface area contributed by atoms with Crippen molar-refractivity contribution in [2.24, 2.45) is 0 Å². The highest BCUT2D eigenvalue weighted by Crippen LogP contribution is 1.99. The molecular formula is C9H13BrN2. The highest BCUT2D eigenvalue weighted by molar-refractivity contribution is 9.09. The molecule has 0 bridgehead atoms. The van der Waals surface area contributed by atoms with Gasteiger partial charge in [-0.3, -0.25) is 4.98 Å². The zero-order chi connectivity index (χ0) is 8.81. The Balaban J connectivity index is 2.41. The number of hydrogen-bond donors (Lipinski definition) is 1. The van der Waals surface area contributed by atoms with Gasteiger partial charge in [0.05, 0.1) is 0 Å². The maximum Gasteiger partial charge on any atom is 0.0313 e. The Morgan fingerprint density at radius 2 is 2.33 bits per heavy atom. The van der Waals surface area contributed by atoms with Crippen molar-refractivity contribution in [3.8, 4) is 0 Å². The van der Waals surface area contributed by atoms with Crippen molar-refractivity contribution in [3.63, 3.8) is 0 Å². The van der Waals surface area contributed by atoms with Gasteiger partial charge < -0.3 is 5.32 Å². The average Bonchev–Trinajstić information content (AvgIpc) is 2.05. The number of aromatic nitrogens is 1. The van der Waals surface area contributed by atoms with Crippen LogP contribution in [-0.4, -0.2) is 16.9 Å². The van der Waals surface area contributed by atoms with Crippen LogP contribution in [0.4, 0.5) is 0 Å². The first kappa shape index (κ1) is 9.68. The van der Waals surface area contributed by atoms with Crippen LogP contribution >= 0.6 is 15.9 Å². The largest absolute Gasteiger partial charge is 0.312 e. The molecule has 0 aliphatic rings. The summed E-state index contributed by atoms with van der Waals surface area (Å²) in [5.74, 6) is 0. The number of pyridine rings is 1. The first-order valence-electron chi connectivity index (χ1n) is 4.00. The van der Waals surface area contributed by atoms with Gasteiger partial charge in [-0.2, -0.15) is 0 Å². The molecule has 3 heteroatoms. The van der Waals surface area contributed by atoms with E-state index in [0.717, 1.165) is 18.4 Å². The lowest BCUT2D eigenvalue weighted by Crippen LogP contribution is -2.15. The van der Waals surface area contributed by atoms with Crippen LogP contribution in [0.2, 0.25) is 0 Å². The van der Waals surface area contributed by atoms with Gasteiger partial charge in [-0.05, 0) is 18.1 Å². The third-order valence-electron chi connectivity index (χ3n) is 1.53. The zero-order valence-electron chi connectivity index (χ0n) is 7.18. The van der Waals surface area contributed by atoms with E-state index >= 15 is 0 Å². The van der Waals surface area contributed by atoms with Crippen molar-refractivity contribution in [3.05, 3.63) is 29.6 Å². The van der Waals surface area contributed by atoms with Crippen LogP contribution in [0.15, 0.2) is 18.5 Å². The lowest BCUT2D eigenvalue weighted by molar-refractivity contribution is 0.731. The lowest BCUT2D eigenvalue weighted by atomic mass is 10.2. The molecule has 1 N–H and O–H groups in total. The van der Waals surface area contributed by atoms with E-state index in [1.54, 1.807) is 0 Å². The summed E-state index contributed by atoms with van der Waals surface area (Å²) < 4.78 is 0. The van der Waals surface area contributed by atoms with E-state index in [9.17, 15) is 0 Å². The number of alkyl halides is 1. The van der Waals surface area contributed by atoms with Crippen LogP contribution in [0.5, 0.6) is 0 Å². The molecule has 2 nitrogen and oxygen atoms in total. The molecule has 1 aromatic heterocycles. The Hall–Kier alpha value is -0.410. The molecule has 0 fully saturated rings. The monoisotopic (exact) mass is 228 g/mol. The minimum atomic E-state index is 0.903. The molecule has 0 amide bonds. The first-order chi connectivity index (χ1) is 5.83. The molecule has 1 aromatic rings. The highest BCUT2D eigenvalue weighted by atomic mass is 79.9. The Kier molecular flexibility index (Phi) is 4.25. The topological polar surface area (TPSA) is 24.9 Å². The Morgan fingerprint density at radius 3 is 3.00 bits per heavy atom. The number of nitrogens with zero attached hydrogens (tertiary/aromatic N) is 1. The Bertz CT molecular complexity index is 238. The van der Waals surface area contributed by atoms with Gasteiger partial charge in [0.15, 0.2) is 0 Å². The van der Waals surface area contributed by atoms with Gasteiger partial charge >= 0.3 is 0 Å². The molecule has 0 saturated carbocycles. The lowest BCUT2D eigenvalue weighted by Gasteiger charge is -2.02. The van der Waals surface area contributed by atoms with Crippen LogP contribution < -0.4 is 5.32 Å². The van der Waals surface area contributed by atoms with Gasteiger partial charge in [0.1, 0.15) is 0 Å². The maximum absolute atomic E-state index is 4.11. The van der Waals surface area contributed by atoms with E-state index in [2.05, 4.69) is 39.2 Å². The van der Waals surface area contributed by atoms with Crippen molar-refractivity contribution in [1.82, 2.24) is 10.3 Å². The second kappa shape index (κ2) is 5.27. The molecule has 0 radical (unpaired) electrons. The molecular weight excluding hydrogens is 216 g/mol. The summed E-state index contributed by atoms with van der Waals surface area (Å²) in [4.78, 5) is 4.11. The standard InChI is InChI=1S/C9H13BrN2/c1-8-4-9(7-12-5-8)6-11-3-2-10/h4-5,7,11H,2-3,6H2,1H3. The van der Waals surface area contributed by atoms with Gasteiger partial charge in [-0.15, -0.1) is 0 Å². The quantitative estimate of drug-likeness (QED) is 0.629. The fraction of sp³-hybridized carbons (Fsp3) is 0.444. The van der Waals surface area contributed by atoms with E-state index in [4.69, 9.17) is 0 Å². The first-order valence-corrected chi connectivity index (χ1v) is 5.12. The molecule has 0 atom stereocenters. The van der Waals surface area contributed by atoms with Crippen molar-refractivity contribution < 1.29 is 0 Å². The minimum absolute atomic E-state index is 0.903. The number of hydrogen-bond acceptors (Lipinski definition) is 2. The zero-order valence-corrected chi connectivity index (χ0v) is 8.76. The van der Waals surface area contributed by atoms with Crippen molar-refractivity contribution >= 4 is 15.9 Å². The van der Waals surface area contributed by atoms with Crippen molar-refractivity contribution in [1.29, 1.82) is 0 Å². The van der Waals surface area contributed by atoms with Gasteiger partial charge in [0.2, 0.25) is 0 Å². The van der Waals surface area contributed by atoms with Crippen molar-refractivity contribution in [2.75, 3.05) is 11.9 Å². The summed E-state index contributed by atoms with van der Waals surface area (Å²) in [5.41, 5.74) is 2.46. The minimum Gasteiger partial charge on any atom is -0.312 e. The SMILES string of the molecule is Cc1cncc(CNCCBr)c1. The highest BCUT2D eigenvalue weighted by Gasteiger charge is 1.92. The van der Waals surface area contributed by atoms with Crippen LogP contribution in [0.1, 0.15) is 11.1 Å². The van der Waals surface area contributed by atoms with E-state index < -0.39 is 0 Å². The second-order valence-electron chi connectivity index (χ2n) is 2.74. The van der Waals surface area contributed by atoms with E-state index in [1.165, 1.54) is 11.1 Å². The molecule has 0 saturated heterocycles. The maximum atomic E-state index is 4.11. The summed E-state index contributed by atoms with van der Waals surface area (Å²) in [7, 11) is 0. The van der Waals surface area contributed by atoms with Crippen LogP contribution in [-0.2, 0) is 6.54 Å². The summed E-state index contributed by atoms with van der Waals surface area (Å²) >= 11 is 3.36. The van der Waals surface area contributed by atoms with Gasteiger partial charge in [-0.25, -0.2) is 0 Å². The number of rotatable bonds is 4. The fourth-order valence-electron chi connectivity index (χ4n) is 1.01. The number of halogens is 1. The molecule has 0 aliphatic carbocycles. The molecule has 66 valence electrons. The van der Waals surface area contributed by atoms with Crippen molar-refractivity contribution in [2.45, 2.75) is 13.5 Å². The normalized spacial score (nSPS) is 10.2. The Labute approximate surface area is 81.5 Å². The smallest absolute Gasteiger partial charge is 0.0313 e. The average molecular weight is 229 g/mol. The van der Waals surface area contributed by atoms with E-state index in [1.807, 2.05) is 12.4 Å². The second-order valence-corrected chi connectivity index (χ2v) is 3.53. The fourth-order valence-corrected chi connectivity index (χ4v) is 1.29. The molecule has 0 unspecified atom stereocenters. The van der Waals surface area contributed by atoms with Gasteiger partial charge in [0.25, 0.3) is 0 Å². The predicted molar refractivity (Wildman–Crippen MR) is 54.5 cm³/mol. The van der Waals surface area contributed by atoms with Gasteiger partial charge in [-0.1, -0.05) is 22.0 Å². The summed E-state index contributed by atoms with van der Waals surface area (Å²) in [6, 6.07) is 2.15. The van der Waals surface area contributed by atoms with Crippen LogP contribution in [0, 0.1) is 6.92 Å².